The van der Waals surface area contributed by atoms with Crippen molar-refractivity contribution in [1.82, 2.24) is 15.0 Å². The van der Waals surface area contributed by atoms with Gasteiger partial charge in [0, 0.05) is 28.9 Å². The normalized spacial score (nSPS) is 17.7. The number of rotatable bonds is 6. The van der Waals surface area contributed by atoms with Crippen LogP contribution >= 0.6 is 11.3 Å². The second-order valence-electron chi connectivity index (χ2n) is 5.87. The molecule has 1 aliphatic heterocycles. The van der Waals surface area contributed by atoms with Crippen LogP contribution in [-0.4, -0.2) is 35.1 Å². The van der Waals surface area contributed by atoms with Gasteiger partial charge in [0.05, 0.1) is 6.04 Å². The fraction of sp³-hybridized carbons (Fsp3) is 0.562. The summed E-state index contributed by atoms with van der Waals surface area (Å²) in [6.45, 7) is 6.76. The van der Waals surface area contributed by atoms with Crippen molar-refractivity contribution in [2.45, 2.75) is 38.9 Å². The van der Waals surface area contributed by atoms with Crippen LogP contribution in [0.4, 0.5) is 0 Å². The Hall–Kier alpha value is -1.17. The van der Waals surface area contributed by atoms with Crippen molar-refractivity contribution in [3.8, 4) is 0 Å². The number of aromatic nitrogens is 1. The summed E-state index contributed by atoms with van der Waals surface area (Å²) in [6.07, 6.45) is 4.35. The summed E-state index contributed by atoms with van der Waals surface area (Å²) in [4.78, 5) is 7.76. The van der Waals surface area contributed by atoms with E-state index in [1.165, 1.54) is 35.7 Å². The summed E-state index contributed by atoms with van der Waals surface area (Å²) in [5.41, 5.74) is 0.992. The molecule has 0 spiro atoms. The summed E-state index contributed by atoms with van der Waals surface area (Å²) < 4.78 is 4.93. The molecule has 2 aromatic heterocycles. The van der Waals surface area contributed by atoms with Crippen LogP contribution in [0.3, 0.4) is 0 Å². The fourth-order valence-electron chi connectivity index (χ4n) is 2.80. The van der Waals surface area contributed by atoms with Gasteiger partial charge in [0.2, 0.25) is 0 Å². The highest BCUT2D eigenvalue weighted by atomic mass is 32.1. The lowest BCUT2D eigenvalue weighted by Gasteiger charge is -2.21. The van der Waals surface area contributed by atoms with Crippen LogP contribution in [0, 0.1) is 0 Å². The number of hydrogen-bond donors (Lipinski definition) is 0. The third-order valence-corrected chi connectivity index (χ3v) is 5.30. The molecule has 0 aromatic carbocycles. The molecule has 1 aliphatic rings. The third-order valence-electron chi connectivity index (χ3n) is 4.25. The highest BCUT2D eigenvalue weighted by Gasteiger charge is 2.16. The molecular formula is C16H23N3OS. The Morgan fingerprint density at radius 3 is 2.76 bits per heavy atom. The minimum Gasteiger partial charge on any atom is -0.364 e. The standard InChI is InChI=1S/C16H23N3OS/c1-13(16-7-10-20-17-16)18(2)11-14-5-6-15(21-14)12-19-8-3-4-9-19/h5-7,10,13H,3-4,8-9,11-12H2,1-2H3/t13-/m1/s1. The average molecular weight is 305 g/mol. The molecule has 0 saturated carbocycles. The van der Waals surface area contributed by atoms with Gasteiger partial charge in [0.1, 0.15) is 12.0 Å². The lowest BCUT2D eigenvalue weighted by atomic mass is 10.2. The van der Waals surface area contributed by atoms with Crippen molar-refractivity contribution in [3.63, 3.8) is 0 Å². The van der Waals surface area contributed by atoms with Gasteiger partial charge in [-0.15, -0.1) is 11.3 Å². The Bertz CT molecular complexity index is 546. The first-order valence-electron chi connectivity index (χ1n) is 7.63. The highest BCUT2D eigenvalue weighted by Crippen LogP contribution is 2.24. The van der Waals surface area contributed by atoms with Crippen LogP contribution in [0.25, 0.3) is 0 Å². The Balaban J connectivity index is 1.56. The maximum Gasteiger partial charge on any atom is 0.124 e. The molecule has 1 saturated heterocycles. The third kappa shape index (κ3) is 3.73. The summed E-state index contributed by atoms with van der Waals surface area (Å²) in [5.74, 6) is 0. The average Bonchev–Trinajstić information content (AvgIpc) is 3.20. The molecule has 0 aliphatic carbocycles. The topological polar surface area (TPSA) is 32.5 Å². The lowest BCUT2D eigenvalue weighted by Crippen LogP contribution is -2.21. The van der Waals surface area contributed by atoms with Crippen molar-refractivity contribution in [3.05, 3.63) is 39.9 Å². The molecule has 2 aromatic rings. The van der Waals surface area contributed by atoms with Crippen molar-refractivity contribution < 1.29 is 4.52 Å². The van der Waals surface area contributed by atoms with E-state index in [0.717, 1.165) is 18.8 Å². The predicted molar refractivity (Wildman–Crippen MR) is 85.2 cm³/mol. The SMILES string of the molecule is C[C@H](c1ccon1)N(C)Cc1ccc(CN2CCCC2)s1. The zero-order chi connectivity index (χ0) is 14.7. The number of nitrogens with zero attached hydrogens (tertiary/aromatic N) is 3. The van der Waals surface area contributed by atoms with E-state index in [1.807, 2.05) is 17.4 Å². The summed E-state index contributed by atoms with van der Waals surface area (Å²) in [7, 11) is 2.14. The van der Waals surface area contributed by atoms with E-state index in [1.54, 1.807) is 6.26 Å². The maximum atomic E-state index is 4.93. The molecule has 1 fully saturated rings. The molecule has 1 atom stereocenters. The first kappa shape index (κ1) is 14.8. The summed E-state index contributed by atoms with van der Waals surface area (Å²) >= 11 is 1.94. The molecule has 0 radical (unpaired) electrons. The van der Waals surface area contributed by atoms with E-state index < -0.39 is 0 Å². The quantitative estimate of drug-likeness (QED) is 0.817. The monoisotopic (exact) mass is 305 g/mol. The van der Waals surface area contributed by atoms with Gasteiger partial charge in [-0.3, -0.25) is 9.80 Å². The van der Waals surface area contributed by atoms with Gasteiger partial charge in [0.25, 0.3) is 0 Å². The van der Waals surface area contributed by atoms with Gasteiger partial charge in [-0.25, -0.2) is 0 Å². The van der Waals surface area contributed by atoms with E-state index in [9.17, 15) is 0 Å². The fourth-order valence-corrected chi connectivity index (χ4v) is 3.92. The molecule has 0 unspecified atom stereocenters. The van der Waals surface area contributed by atoms with Crippen LogP contribution in [0.15, 0.2) is 29.0 Å². The Morgan fingerprint density at radius 1 is 1.29 bits per heavy atom. The molecule has 0 bridgehead atoms. The molecule has 3 heterocycles. The molecular weight excluding hydrogens is 282 g/mol. The molecule has 0 amide bonds. The zero-order valence-electron chi connectivity index (χ0n) is 12.8. The summed E-state index contributed by atoms with van der Waals surface area (Å²) in [6, 6.07) is 6.76. The Labute approximate surface area is 130 Å². The van der Waals surface area contributed by atoms with E-state index >= 15 is 0 Å². The van der Waals surface area contributed by atoms with E-state index in [0.29, 0.717) is 0 Å². The molecule has 114 valence electrons. The minimum atomic E-state index is 0.271. The molecule has 4 nitrogen and oxygen atoms in total. The first-order valence-corrected chi connectivity index (χ1v) is 8.44. The van der Waals surface area contributed by atoms with E-state index in [-0.39, 0.29) is 6.04 Å². The van der Waals surface area contributed by atoms with Crippen LogP contribution in [0.1, 0.15) is 41.3 Å². The number of thiophene rings is 1. The Kier molecular flexibility index (Phi) is 4.73. The molecule has 3 rings (SSSR count). The molecule has 21 heavy (non-hydrogen) atoms. The maximum absolute atomic E-state index is 4.93. The van der Waals surface area contributed by atoms with E-state index in [4.69, 9.17) is 4.52 Å². The lowest BCUT2D eigenvalue weighted by molar-refractivity contribution is 0.243. The van der Waals surface area contributed by atoms with Gasteiger partial charge in [-0.2, -0.15) is 0 Å². The van der Waals surface area contributed by atoms with Crippen molar-refractivity contribution in [2.24, 2.45) is 0 Å². The zero-order valence-corrected chi connectivity index (χ0v) is 13.6. The van der Waals surface area contributed by atoms with E-state index in [2.05, 4.69) is 41.1 Å². The predicted octanol–water partition coefficient (Wildman–Crippen LogP) is 3.52. The van der Waals surface area contributed by atoms with Gasteiger partial charge in [-0.05, 0) is 52.0 Å². The van der Waals surface area contributed by atoms with Crippen molar-refractivity contribution in [2.75, 3.05) is 20.1 Å². The second-order valence-corrected chi connectivity index (χ2v) is 7.12. The van der Waals surface area contributed by atoms with Crippen LogP contribution in [0.2, 0.25) is 0 Å². The molecule has 5 heteroatoms. The van der Waals surface area contributed by atoms with Crippen molar-refractivity contribution in [1.29, 1.82) is 0 Å². The minimum absolute atomic E-state index is 0.271. The Morgan fingerprint density at radius 2 is 2.05 bits per heavy atom. The summed E-state index contributed by atoms with van der Waals surface area (Å²) in [5, 5.41) is 4.03. The second kappa shape index (κ2) is 6.73. The number of hydrogen-bond acceptors (Lipinski definition) is 5. The van der Waals surface area contributed by atoms with Gasteiger partial charge in [0.15, 0.2) is 0 Å². The van der Waals surface area contributed by atoms with Crippen LogP contribution < -0.4 is 0 Å². The highest BCUT2D eigenvalue weighted by molar-refractivity contribution is 7.11. The van der Waals surface area contributed by atoms with Crippen LogP contribution in [0.5, 0.6) is 0 Å². The number of likely N-dealkylation sites (tertiary alicyclic amines) is 1. The van der Waals surface area contributed by atoms with Gasteiger partial charge >= 0.3 is 0 Å². The smallest absolute Gasteiger partial charge is 0.124 e. The largest absolute Gasteiger partial charge is 0.364 e. The molecule has 0 N–H and O–H groups in total. The first-order chi connectivity index (χ1) is 10.2. The van der Waals surface area contributed by atoms with Gasteiger partial charge < -0.3 is 4.52 Å². The van der Waals surface area contributed by atoms with Gasteiger partial charge in [-0.1, -0.05) is 5.16 Å². The van der Waals surface area contributed by atoms with Crippen LogP contribution in [-0.2, 0) is 13.1 Å². The van der Waals surface area contributed by atoms with Crippen molar-refractivity contribution >= 4 is 11.3 Å².